The van der Waals surface area contributed by atoms with Crippen molar-refractivity contribution in [3.05, 3.63) is 33.9 Å². The summed E-state index contributed by atoms with van der Waals surface area (Å²) in [6.07, 6.45) is 12.8. The van der Waals surface area contributed by atoms with E-state index in [2.05, 4.69) is 21.5 Å². The monoisotopic (exact) mass is 534 g/mol. The van der Waals surface area contributed by atoms with Crippen molar-refractivity contribution >= 4 is 33.0 Å². The van der Waals surface area contributed by atoms with E-state index in [-0.39, 0.29) is 16.5 Å². The second kappa shape index (κ2) is 11.6. The summed E-state index contributed by atoms with van der Waals surface area (Å²) < 4.78 is 47.0. The number of halogens is 1. The summed E-state index contributed by atoms with van der Waals surface area (Å²) >= 11 is 1.13. The van der Waals surface area contributed by atoms with E-state index in [1.165, 1.54) is 63.9 Å². The van der Waals surface area contributed by atoms with Gasteiger partial charge in [0.25, 0.3) is 10.0 Å². The number of sulfonamides is 1. The SMILES string of the molecule is COc1cc(C(=O)O)c(F)cc1NS(=O)(=O)c1csc(C#CC2CCC(C3CCCCCC3)CC2)n1. The highest BCUT2D eigenvalue weighted by molar-refractivity contribution is 7.92. The molecule has 1 heterocycles. The average Bonchev–Trinajstić information content (AvgIpc) is 3.18. The maximum absolute atomic E-state index is 14.1. The molecular formula is C26H31FN2O5S2. The molecule has 2 N–H and O–H groups in total. The molecule has 0 radical (unpaired) electrons. The highest BCUT2D eigenvalue weighted by Crippen LogP contribution is 2.39. The Hall–Kier alpha value is -2.64. The number of rotatable bonds is 6. The topological polar surface area (TPSA) is 106 Å². The standard InChI is InChI=1S/C26H31FN2O5S2/c1-34-23-14-20(26(30)31)21(27)15-22(23)29-36(32,33)25-16-35-24(28-25)13-10-17-8-11-19(12-9-17)18-6-4-2-3-5-7-18/h14-19,29H,2-9,11-12H2,1H3,(H,30,31). The van der Waals surface area contributed by atoms with Crippen molar-refractivity contribution in [1.82, 2.24) is 4.98 Å². The van der Waals surface area contributed by atoms with Gasteiger partial charge >= 0.3 is 5.97 Å². The zero-order chi connectivity index (χ0) is 25.7. The summed E-state index contributed by atoms with van der Waals surface area (Å²) in [5.74, 6) is 5.63. The molecule has 0 bridgehead atoms. The van der Waals surface area contributed by atoms with Gasteiger partial charge in [-0.05, 0) is 49.5 Å². The zero-order valence-corrected chi connectivity index (χ0v) is 21.9. The summed E-state index contributed by atoms with van der Waals surface area (Å²) in [4.78, 5) is 15.3. The summed E-state index contributed by atoms with van der Waals surface area (Å²) in [5.41, 5.74) is -0.838. The minimum Gasteiger partial charge on any atom is -0.495 e. The molecule has 1 aromatic carbocycles. The molecule has 1 aromatic heterocycles. The molecule has 36 heavy (non-hydrogen) atoms. The Labute approximate surface area is 215 Å². The summed E-state index contributed by atoms with van der Waals surface area (Å²) in [7, 11) is -2.92. The van der Waals surface area contributed by atoms with Crippen LogP contribution in [-0.2, 0) is 10.0 Å². The van der Waals surface area contributed by atoms with Crippen LogP contribution in [0.5, 0.6) is 5.75 Å². The molecule has 2 aliphatic rings. The number of methoxy groups -OCH3 is 1. The van der Waals surface area contributed by atoms with E-state index < -0.39 is 27.4 Å². The Balaban J connectivity index is 1.39. The predicted octanol–water partition coefficient (Wildman–Crippen LogP) is 5.92. The third-order valence-electron chi connectivity index (χ3n) is 7.24. The van der Waals surface area contributed by atoms with Gasteiger partial charge in [-0.3, -0.25) is 4.72 Å². The number of aromatic nitrogens is 1. The Bertz CT molecular complexity index is 1250. The number of carboxylic acids is 1. The van der Waals surface area contributed by atoms with Gasteiger partial charge in [0.2, 0.25) is 0 Å². The van der Waals surface area contributed by atoms with E-state index in [0.29, 0.717) is 10.9 Å². The second-order valence-electron chi connectivity index (χ2n) is 9.57. The number of carbonyl (C=O) groups is 1. The molecular weight excluding hydrogens is 503 g/mol. The van der Waals surface area contributed by atoms with Crippen molar-refractivity contribution in [3.8, 4) is 17.6 Å². The zero-order valence-electron chi connectivity index (χ0n) is 20.3. The third kappa shape index (κ3) is 6.37. The van der Waals surface area contributed by atoms with Crippen LogP contribution < -0.4 is 9.46 Å². The largest absolute Gasteiger partial charge is 0.495 e. The van der Waals surface area contributed by atoms with Crippen molar-refractivity contribution < 1.29 is 27.4 Å². The fraction of sp³-hybridized carbons (Fsp3) is 0.538. The fourth-order valence-corrected chi connectivity index (χ4v) is 7.29. The van der Waals surface area contributed by atoms with E-state index in [1.807, 2.05) is 0 Å². The molecule has 0 saturated heterocycles. The maximum atomic E-state index is 14.1. The lowest BCUT2D eigenvalue weighted by Crippen LogP contribution is -2.21. The number of hydrogen-bond donors (Lipinski definition) is 2. The molecule has 0 spiro atoms. The first-order valence-corrected chi connectivity index (χ1v) is 14.7. The predicted molar refractivity (Wildman–Crippen MR) is 136 cm³/mol. The minimum absolute atomic E-state index is 0.118. The van der Waals surface area contributed by atoms with Crippen LogP contribution in [0.2, 0.25) is 0 Å². The van der Waals surface area contributed by atoms with E-state index in [1.54, 1.807) is 0 Å². The smallest absolute Gasteiger partial charge is 0.338 e. The second-order valence-corrected chi connectivity index (χ2v) is 12.1. The van der Waals surface area contributed by atoms with Crippen LogP contribution in [-0.4, -0.2) is 31.6 Å². The number of nitrogens with zero attached hydrogens (tertiary/aromatic N) is 1. The minimum atomic E-state index is -4.15. The van der Waals surface area contributed by atoms with Crippen LogP contribution in [0.25, 0.3) is 0 Å². The quantitative estimate of drug-likeness (QED) is 0.352. The van der Waals surface area contributed by atoms with Crippen LogP contribution in [0.1, 0.15) is 79.6 Å². The molecule has 2 saturated carbocycles. The van der Waals surface area contributed by atoms with Gasteiger partial charge in [0.1, 0.15) is 11.6 Å². The lowest BCUT2D eigenvalue weighted by atomic mass is 9.73. The number of nitrogens with one attached hydrogen (secondary N) is 1. The van der Waals surface area contributed by atoms with Crippen molar-refractivity contribution in [1.29, 1.82) is 0 Å². The molecule has 2 aliphatic carbocycles. The lowest BCUT2D eigenvalue weighted by Gasteiger charge is -2.32. The van der Waals surface area contributed by atoms with Crippen LogP contribution in [0.15, 0.2) is 22.5 Å². The average molecular weight is 535 g/mol. The molecule has 7 nitrogen and oxygen atoms in total. The van der Waals surface area contributed by atoms with Gasteiger partial charge in [-0.2, -0.15) is 8.42 Å². The number of anilines is 1. The van der Waals surface area contributed by atoms with Gasteiger partial charge in [-0.1, -0.05) is 44.4 Å². The molecule has 2 aromatic rings. The molecule has 4 rings (SSSR count). The van der Waals surface area contributed by atoms with E-state index >= 15 is 0 Å². The first-order valence-electron chi connectivity index (χ1n) is 12.4. The van der Waals surface area contributed by atoms with Gasteiger partial charge in [-0.25, -0.2) is 14.2 Å². The lowest BCUT2D eigenvalue weighted by molar-refractivity contribution is 0.0691. The number of carboxylic acid groups (broad SMARTS) is 1. The van der Waals surface area contributed by atoms with Gasteiger partial charge in [0.15, 0.2) is 10.0 Å². The van der Waals surface area contributed by atoms with Crippen molar-refractivity contribution in [2.75, 3.05) is 11.8 Å². The molecule has 0 unspecified atom stereocenters. The van der Waals surface area contributed by atoms with Crippen molar-refractivity contribution in [2.45, 2.75) is 69.2 Å². The fourth-order valence-electron chi connectivity index (χ4n) is 5.28. The van der Waals surface area contributed by atoms with Crippen molar-refractivity contribution in [3.63, 3.8) is 0 Å². The van der Waals surface area contributed by atoms with Crippen LogP contribution in [0, 0.1) is 35.4 Å². The summed E-state index contributed by atoms with van der Waals surface area (Å²) in [5, 5.41) is 10.6. The molecule has 194 valence electrons. The highest BCUT2D eigenvalue weighted by atomic mass is 32.2. The maximum Gasteiger partial charge on any atom is 0.338 e. The Morgan fingerprint density at radius 2 is 1.78 bits per heavy atom. The van der Waals surface area contributed by atoms with Crippen molar-refractivity contribution in [2.24, 2.45) is 17.8 Å². The Morgan fingerprint density at radius 1 is 1.11 bits per heavy atom. The number of hydrogen-bond acceptors (Lipinski definition) is 6. The number of ether oxygens (including phenoxy) is 1. The number of benzene rings is 1. The van der Waals surface area contributed by atoms with E-state index in [4.69, 9.17) is 9.84 Å². The van der Waals surface area contributed by atoms with Gasteiger partial charge in [0.05, 0.1) is 18.4 Å². The first kappa shape index (κ1) is 26.4. The third-order valence-corrected chi connectivity index (χ3v) is 9.40. The number of thiazole rings is 1. The summed E-state index contributed by atoms with van der Waals surface area (Å²) in [6.45, 7) is 0. The van der Waals surface area contributed by atoms with Crippen LogP contribution in [0.4, 0.5) is 10.1 Å². The molecule has 10 heteroatoms. The van der Waals surface area contributed by atoms with E-state index in [0.717, 1.165) is 48.1 Å². The Kier molecular flexibility index (Phi) is 8.52. The number of aromatic carboxylic acids is 1. The van der Waals surface area contributed by atoms with Gasteiger partial charge < -0.3 is 9.84 Å². The van der Waals surface area contributed by atoms with Crippen LogP contribution in [0.3, 0.4) is 0 Å². The summed E-state index contributed by atoms with van der Waals surface area (Å²) in [6, 6.07) is 1.70. The van der Waals surface area contributed by atoms with E-state index in [9.17, 15) is 17.6 Å². The van der Waals surface area contributed by atoms with Gasteiger partial charge in [-0.15, -0.1) is 11.3 Å². The Morgan fingerprint density at radius 3 is 2.42 bits per heavy atom. The molecule has 0 amide bonds. The first-order chi connectivity index (χ1) is 17.3. The molecule has 0 atom stereocenters. The van der Waals surface area contributed by atoms with Gasteiger partial charge in [0, 0.05) is 17.4 Å². The molecule has 0 aliphatic heterocycles. The van der Waals surface area contributed by atoms with Crippen LogP contribution >= 0.6 is 11.3 Å². The highest BCUT2D eigenvalue weighted by Gasteiger charge is 2.27. The molecule has 2 fully saturated rings. The normalized spacial score (nSPS) is 21.2.